The van der Waals surface area contributed by atoms with Gasteiger partial charge in [-0.1, -0.05) is 0 Å². The average Bonchev–Trinajstić information content (AvgIpc) is 2.98. The third-order valence-electron chi connectivity index (χ3n) is 3.93. The van der Waals surface area contributed by atoms with E-state index in [1.807, 2.05) is 6.92 Å². The van der Waals surface area contributed by atoms with Gasteiger partial charge in [0.15, 0.2) is 0 Å². The van der Waals surface area contributed by atoms with Crippen molar-refractivity contribution in [3.05, 3.63) is 29.1 Å². The molecule has 1 saturated heterocycles. The summed E-state index contributed by atoms with van der Waals surface area (Å²) in [5.74, 6) is -0.376. The highest BCUT2D eigenvalue weighted by Gasteiger charge is 2.28. The molecule has 6 nitrogen and oxygen atoms in total. The van der Waals surface area contributed by atoms with Crippen LogP contribution < -0.4 is 5.32 Å². The summed E-state index contributed by atoms with van der Waals surface area (Å²) in [5, 5.41) is 3.98. The molecule has 1 fully saturated rings. The minimum Gasteiger partial charge on any atom is -0.462 e. The van der Waals surface area contributed by atoms with Crippen molar-refractivity contribution in [1.29, 1.82) is 0 Å². The van der Waals surface area contributed by atoms with Crippen molar-refractivity contribution in [1.82, 2.24) is 9.62 Å². The van der Waals surface area contributed by atoms with Crippen LogP contribution in [0.3, 0.4) is 0 Å². The van der Waals surface area contributed by atoms with Crippen molar-refractivity contribution >= 4 is 37.4 Å². The number of ether oxygens (including phenoxy) is 1. The van der Waals surface area contributed by atoms with Crippen molar-refractivity contribution < 1.29 is 17.9 Å². The molecule has 1 aliphatic rings. The summed E-state index contributed by atoms with van der Waals surface area (Å²) in [5.41, 5.74) is 0. The Morgan fingerprint density at radius 1 is 1.42 bits per heavy atom. The molecule has 3 rings (SSSR count). The molecule has 0 amide bonds. The van der Waals surface area contributed by atoms with Crippen LogP contribution in [0.1, 0.15) is 23.5 Å². The monoisotopic (exact) mass is 368 g/mol. The van der Waals surface area contributed by atoms with Gasteiger partial charge in [-0.3, -0.25) is 0 Å². The van der Waals surface area contributed by atoms with Gasteiger partial charge in [0.25, 0.3) is 0 Å². The molecule has 8 heteroatoms. The molecule has 1 aromatic heterocycles. The number of hydrogen-bond donors (Lipinski definition) is 1. The summed E-state index contributed by atoms with van der Waals surface area (Å²) in [7, 11) is -3.53. The Hall–Kier alpha value is -1.48. The van der Waals surface area contributed by atoms with Crippen molar-refractivity contribution in [2.24, 2.45) is 0 Å². The van der Waals surface area contributed by atoms with Crippen LogP contribution in [0.5, 0.6) is 0 Å². The topological polar surface area (TPSA) is 75.7 Å². The lowest BCUT2D eigenvalue weighted by molar-refractivity contribution is 0.0532. The van der Waals surface area contributed by atoms with Gasteiger partial charge < -0.3 is 10.1 Å². The number of hydrogen-bond acceptors (Lipinski definition) is 6. The first-order valence-corrected chi connectivity index (χ1v) is 10.1. The number of nitrogens with zero attached hydrogens (tertiary/aromatic N) is 1. The van der Waals surface area contributed by atoms with Crippen LogP contribution in [0.25, 0.3) is 10.1 Å². The molecule has 2 heterocycles. The van der Waals surface area contributed by atoms with E-state index in [1.54, 1.807) is 31.2 Å². The van der Waals surface area contributed by atoms with Gasteiger partial charge in [0.05, 0.1) is 11.5 Å². The fraction of sp³-hybridized carbons (Fsp3) is 0.438. The van der Waals surface area contributed by atoms with E-state index in [2.05, 4.69) is 5.32 Å². The second-order valence-corrected chi connectivity index (χ2v) is 8.77. The van der Waals surface area contributed by atoms with Crippen LogP contribution in [0, 0.1) is 0 Å². The minimum absolute atomic E-state index is 0.133. The molecule has 0 spiro atoms. The van der Waals surface area contributed by atoms with E-state index in [9.17, 15) is 13.2 Å². The fourth-order valence-electron chi connectivity index (χ4n) is 2.75. The molecule has 1 N–H and O–H groups in total. The minimum atomic E-state index is -3.53. The standard InChI is InChI=1S/C16H20N2O4S2/c1-3-22-16(19)15-9-12-8-13(4-5-14(12)23-15)24(20,21)18-7-6-17-11(2)10-18/h4-5,8-9,11,17H,3,6-7,10H2,1-2H3. The van der Waals surface area contributed by atoms with Crippen LogP contribution in [-0.4, -0.2) is 51.0 Å². The molecule has 1 aromatic carbocycles. The van der Waals surface area contributed by atoms with Crippen LogP contribution in [0.4, 0.5) is 0 Å². The predicted molar refractivity (Wildman–Crippen MR) is 94.0 cm³/mol. The van der Waals surface area contributed by atoms with E-state index in [0.717, 1.165) is 10.1 Å². The number of esters is 1. The second-order valence-electron chi connectivity index (χ2n) is 5.75. The summed E-state index contributed by atoms with van der Waals surface area (Å²) in [4.78, 5) is 12.6. The molecule has 1 aliphatic heterocycles. The summed E-state index contributed by atoms with van der Waals surface area (Å²) in [6.07, 6.45) is 0. The fourth-order valence-corrected chi connectivity index (χ4v) is 5.25. The smallest absolute Gasteiger partial charge is 0.348 e. The van der Waals surface area contributed by atoms with Crippen LogP contribution in [-0.2, 0) is 14.8 Å². The molecule has 0 radical (unpaired) electrons. The normalized spacial score (nSPS) is 19.5. The predicted octanol–water partition coefficient (Wildman–Crippen LogP) is 2.06. The lowest BCUT2D eigenvalue weighted by Crippen LogP contribution is -2.51. The Kier molecular flexibility index (Phi) is 4.91. The Balaban J connectivity index is 1.93. The van der Waals surface area contributed by atoms with E-state index in [4.69, 9.17) is 4.74 Å². The summed E-state index contributed by atoms with van der Waals surface area (Å²) in [6, 6.07) is 6.82. The highest BCUT2D eigenvalue weighted by atomic mass is 32.2. The first-order chi connectivity index (χ1) is 11.4. The number of rotatable bonds is 4. The molecular weight excluding hydrogens is 348 g/mol. The zero-order valence-corrected chi connectivity index (χ0v) is 15.2. The van der Waals surface area contributed by atoms with Crippen molar-refractivity contribution in [2.45, 2.75) is 24.8 Å². The van der Waals surface area contributed by atoms with Gasteiger partial charge in [-0.2, -0.15) is 4.31 Å². The van der Waals surface area contributed by atoms with Crippen molar-refractivity contribution in [3.63, 3.8) is 0 Å². The van der Waals surface area contributed by atoms with Crippen LogP contribution in [0.15, 0.2) is 29.2 Å². The number of benzene rings is 1. The first kappa shape index (κ1) is 17.3. The Morgan fingerprint density at radius 3 is 2.92 bits per heavy atom. The number of piperazine rings is 1. The van der Waals surface area contributed by atoms with Gasteiger partial charge >= 0.3 is 5.97 Å². The van der Waals surface area contributed by atoms with Gasteiger partial charge in [0.1, 0.15) is 4.88 Å². The average molecular weight is 368 g/mol. The summed E-state index contributed by atoms with van der Waals surface area (Å²) < 4.78 is 33.0. The maximum absolute atomic E-state index is 12.8. The number of carbonyl (C=O) groups is 1. The van der Waals surface area contributed by atoms with E-state index in [1.165, 1.54) is 15.6 Å². The second kappa shape index (κ2) is 6.79. The SMILES string of the molecule is CCOC(=O)c1cc2cc(S(=O)(=O)N3CCNC(C)C3)ccc2s1. The van der Waals surface area contributed by atoms with E-state index in [0.29, 0.717) is 31.1 Å². The Morgan fingerprint density at radius 2 is 2.21 bits per heavy atom. The number of sulfonamides is 1. The zero-order valence-electron chi connectivity index (χ0n) is 13.6. The number of fused-ring (bicyclic) bond motifs is 1. The molecular formula is C16H20N2O4S2. The van der Waals surface area contributed by atoms with Gasteiger partial charge in [0, 0.05) is 30.4 Å². The van der Waals surface area contributed by atoms with Gasteiger partial charge in [-0.05, 0) is 43.5 Å². The van der Waals surface area contributed by atoms with E-state index >= 15 is 0 Å². The maximum atomic E-state index is 12.8. The molecule has 2 aromatic rings. The third kappa shape index (κ3) is 3.32. The molecule has 130 valence electrons. The molecule has 0 bridgehead atoms. The number of nitrogens with one attached hydrogen (secondary N) is 1. The summed E-state index contributed by atoms with van der Waals surface area (Å²) in [6.45, 7) is 5.60. The van der Waals surface area contributed by atoms with Crippen molar-refractivity contribution in [3.8, 4) is 0 Å². The van der Waals surface area contributed by atoms with Crippen molar-refractivity contribution in [2.75, 3.05) is 26.2 Å². The Labute approximate surface area is 145 Å². The Bertz CT molecular complexity index is 860. The highest BCUT2D eigenvalue weighted by molar-refractivity contribution is 7.89. The van der Waals surface area contributed by atoms with Gasteiger partial charge in [-0.25, -0.2) is 13.2 Å². The zero-order chi connectivity index (χ0) is 17.3. The molecule has 0 saturated carbocycles. The third-order valence-corrected chi connectivity index (χ3v) is 6.89. The highest BCUT2D eigenvalue weighted by Crippen LogP contribution is 2.29. The first-order valence-electron chi connectivity index (χ1n) is 7.86. The molecule has 1 unspecified atom stereocenters. The lowest BCUT2D eigenvalue weighted by Gasteiger charge is -2.31. The molecule has 24 heavy (non-hydrogen) atoms. The summed E-state index contributed by atoms with van der Waals surface area (Å²) >= 11 is 1.31. The van der Waals surface area contributed by atoms with Crippen LogP contribution >= 0.6 is 11.3 Å². The van der Waals surface area contributed by atoms with Gasteiger partial charge in [0.2, 0.25) is 10.0 Å². The molecule has 0 aliphatic carbocycles. The lowest BCUT2D eigenvalue weighted by atomic mass is 10.2. The van der Waals surface area contributed by atoms with Gasteiger partial charge in [-0.15, -0.1) is 11.3 Å². The molecule has 1 atom stereocenters. The van der Waals surface area contributed by atoms with Crippen LogP contribution in [0.2, 0.25) is 0 Å². The van der Waals surface area contributed by atoms with E-state index in [-0.39, 0.29) is 16.9 Å². The quantitative estimate of drug-likeness (QED) is 0.836. The number of carbonyl (C=O) groups excluding carboxylic acids is 1. The van der Waals surface area contributed by atoms with E-state index < -0.39 is 10.0 Å². The number of thiophene rings is 1. The largest absolute Gasteiger partial charge is 0.462 e. The maximum Gasteiger partial charge on any atom is 0.348 e.